The Kier molecular flexibility index (Phi) is 10.9. The van der Waals surface area contributed by atoms with Crippen molar-refractivity contribution < 1.29 is 26.7 Å². The van der Waals surface area contributed by atoms with Crippen molar-refractivity contribution in [1.82, 2.24) is 19.4 Å². The maximum absolute atomic E-state index is 15.0. The van der Waals surface area contributed by atoms with Gasteiger partial charge in [0, 0.05) is 62.1 Å². The van der Waals surface area contributed by atoms with E-state index in [4.69, 9.17) is 11.6 Å². The van der Waals surface area contributed by atoms with Crippen LogP contribution in [-0.2, 0) is 24.4 Å². The van der Waals surface area contributed by atoms with E-state index in [1.165, 1.54) is 24.3 Å². The second-order valence-electron chi connectivity index (χ2n) is 10.2. The molecule has 1 saturated heterocycles. The molecule has 0 saturated carbocycles. The average molecular weight is 630 g/mol. The molecule has 1 aliphatic heterocycles. The highest BCUT2D eigenvalue weighted by Gasteiger charge is 2.36. The van der Waals surface area contributed by atoms with Gasteiger partial charge >= 0.3 is 6.18 Å². The molecule has 1 fully saturated rings. The van der Waals surface area contributed by atoms with Crippen LogP contribution in [0.2, 0.25) is 5.02 Å². The third-order valence-electron chi connectivity index (χ3n) is 7.16. The Balaban J connectivity index is 1.55. The minimum Gasteiger partial charge on any atom is -0.326 e. The molecule has 13 heteroatoms. The number of anilines is 1. The van der Waals surface area contributed by atoms with Crippen LogP contribution in [0.3, 0.4) is 0 Å². The Hall–Kier alpha value is -2.67. The second-order valence-corrected chi connectivity index (χ2v) is 11.7. The summed E-state index contributed by atoms with van der Waals surface area (Å²) in [4.78, 5) is 13.3. The number of halogens is 6. The average Bonchev–Trinajstić information content (AvgIpc) is 3.34. The molecule has 1 aliphatic rings. The van der Waals surface area contributed by atoms with E-state index in [2.05, 4.69) is 27.0 Å². The van der Waals surface area contributed by atoms with E-state index in [-0.39, 0.29) is 34.4 Å². The van der Waals surface area contributed by atoms with Crippen molar-refractivity contribution in [3.05, 3.63) is 81.6 Å². The topological polar surface area (TPSA) is 62.2 Å². The van der Waals surface area contributed by atoms with Crippen LogP contribution in [0.4, 0.5) is 27.6 Å². The Bertz CT molecular complexity index is 1380. The zero-order valence-corrected chi connectivity index (χ0v) is 24.9. The number of nitrogens with zero attached hydrogens (tertiary/aromatic N) is 3. The fraction of sp³-hybridized carbons (Fsp3) is 0.448. The van der Waals surface area contributed by atoms with Crippen molar-refractivity contribution in [3.63, 3.8) is 0 Å². The second kappa shape index (κ2) is 14.2. The summed E-state index contributed by atoms with van der Waals surface area (Å²) in [5, 5.41) is 9.96. The van der Waals surface area contributed by atoms with Crippen molar-refractivity contribution in [2.45, 2.75) is 50.7 Å². The van der Waals surface area contributed by atoms with Crippen LogP contribution in [0.25, 0.3) is 0 Å². The molecule has 6 nitrogen and oxygen atoms in total. The molecule has 3 aromatic rings. The Morgan fingerprint density at radius 2 is 2.00 bits per heavy atom. The number of piperazine rings is 1. The molecular formula is C29H33ClF5N5OS. The lowest BCUT2D eigenvalue weighted by atomic mass is 9.91. The van der Waals surface area contributed by atoms with Gasteiger partial charge in [-0.05, 0) is 55.2 Å². The number of amides is 1. The van der Waals surface area contributed by atoms with Gasteiger partial charge in [0.2, 0.25) is 5.91 Å². The van der Waals surface area contributed by atoms with Crippen molar-refractivity contribution in [3.8, 4) is 0 Å². The Morgan fingerprint density at radius 1 is 1.21 bits per heavy atom. The van der Waals surface area contributed by atoms with Crippen molar-refractivity contribution in [1.29, 1.82) is 0 Å². The molecule has 0 radical (unpaired) electrons. The molecule has 2 unspecified atom stereocenters. The number of benzene rings is 2. The van der Waals surface area contributed by atoms with E-state index in [0.29, 0.717) is 23.1 Å². The quantitative estimate of drug-likeness (QED) is 0.181. The largest absolute Gasteiger partial charge is 0.433 e. The van der Waals surface area contributed by atoms with E-state index >= 15 is 4.39 Å². The van der Waals surface area contributed by atoms with Gasteiger partial charge in [0.15, 0.2) is 0 Å². The van der Waals surface area contributed by atoms with Gasteiger partial charge in [-0.15, -0.1) is 0 Å². The summed E-state index contributed by atoms with van der Waals surface area (Å²) in [5.41, 5.74) is -0.200. The molecule has 0 spiro atoms. The maximum atomic E-state index is 15.0. The molecule has 42 heavy (non-hydrogen) atoms. The van der Waals surface area contributed by atoms with E-state index in [1.54, 1.807) is 18.0 Å². The summed E-state index contributed by atoms with van der Waals surface area (Å²) >= 11 is 7.60. The molecule has 2 N–H and O–H groups in total. The summed E-state index contributed by atoms with van der Waals surface area (Å²) in [6.07, 6.45) is -2.95. The fourth-order valence-corrected chi connectivity index (χ4v) is 6.19. The van der Waals surface area contributed by atoms with Crippen LogP contribution in [0.5, 0.6) is 0 Å². The third-order valence-corrected chi connectivity index (χ3v) is 8.87. The highest BCUT2D eigenvalue weighted by atomic mass is 35.5. The van der Waals surface area contributed by atoms with Crippen LogP contribution >= 0.6 is 23.5 Å². The van der Waals surface area contributed by atoms with Crippen molar-refractivity contribution >= 4 is 35.1 Å². The molecule has 228 valence electrons. The first-order chi connectivity index (χ1) is 20.0. The first-order valence-electron chi connectivity index (χ1n) is 13.7. The van der Waals surface area contributed by atoms with Gasteiger partial charge in [0.1, 0.15) is 17.3 Å². The standard InChI is InChI=1S/C29H33ClF5N5OS/c1-3-13-42-40-12-11-36-17-19(40)8-9-20-23(31)5-4-6-25(20)37-28(41)15-21(18-7-10-22(30)24(32)14-18)26-16-27(29(33,34)35)39(2)38-26/h4-7,10,14,16,19,21,36H,3,8-9,11-13,15,17H2,1-2H3,(H,37,41). The Labute approximate surface area is 251 Å². The van der Waals surface area contributed by atoms with Crippen LogP contribution in [0.15, 0.2) is 42.5 Å². The highest BCUT2D eigenvalue weighted by molar-refractivity contribution is 7.97. The molecule has 2 heterocycles. The fourth-order valence-electron chi connectivity index (χ4n) is 5.04. The van der Waals surface area contributed by atoms with Gasteiger partial charge in [0.25, 0.3) is 0 Å². The van der Waals surface area contributed by atoms with Gasteiger partial charge in [0.05, 0.1) is 10.7 Å². The van der Waals surface area contributed by atoms with Gasteiger partial charge in [-0.2, -0.15) is 18.3 Å². The van der Waals surface area contributed by atoms with E-state index in [0.717, 1.165) is 51.0 Å². The number of carbonyl (C=O) groups excluding carboxylic acids is 1. The monoisotopic (exact) mass is 629 g/mol. The SMILES string of the molecule is CCCSN1CCNCC1CCc1c(F)cccc1NC(=O)CC(c1ccc(Cl)c(F)c1)c1cc(C(F)(F)F)n(C)n1. The number of carbonyl (C=O) groups is 1. The van der Waals surface area contributed by atoms with Gasteiger partial charge in [-0.3, -0.25) is 9.48 Å². The number of nitrogens with one attached hydrogen (secondary N) is 2. The Morgan fingerprint density at radius 3 is 2.69 bits per heavy atom. The highest BCUT2D eigenvalue weighted by Crippen LogP contribution is 2.35. The lowest BCUT2D eigenvalue weighted by Crippen LogP contribution is -2.48. The number of rotatable bonds is 11. The smallest absolute Gasteiger partial charge is 0.326 e. The summed E-state index contributed by atoms with van der Waals surface area (Å²) in [7, 11) is 1.15. The number of hydrogen-bond donors (Lipinski definition) is 2. The van der Waals surface area contributed by atoms with Crippen LogP contribution < -0.4 is 10.6 Å². The molecule has 2 aromatic carbocycles. The van der Waals surface area contributed by atoms with Crippen LogP contribution in [-0.4, -0.2) is 51.4 Å². The molecule has 1 aromatic heterocycles. The first kappa shape index (κ1) is 32.2. The molecule has 2 atom stereocenters. The number of aromatic nitrogens is 2. The molecule has 0 bridgehead atoms. The van der Waals surface area contributed by atoms with E-state index < -0.39 is 35.3 Å². The maximum Gasteiger partial charge on any atom is 0.433 e. The minimum atomic E-state index is -4.67. The summed E-state index contributed by atoms with van der Waals surface area (Å²) in [6.45, 7) is 4.66. The lowest BCUT2D eigenvalue weighted by molar-refractivity contribution is -0.143. The first-order valence-corrected chi connectivity index (χ1v) is 15.0. The molecule has 0 aliphatic carbocycles. The lowest BCUT2D eigenvalue weighted by Gasteiger charge is -2.35. The van der Waals surface area contributed by atoms with E-state index in [9.17, 15) is 22.4 Å². The van der Waals surface area contributed by atoms with Gasteiger partial charge in [-0.1, -0.05) is 42.6 Å². The summed E-state index contributed by atoms with van der Waals surface area (Å²) in [6, 6.07) is 9.25. The molecule has 1 amide bonds. The van der Waals surface area contributed by atoms with E-state index in [1.807, 2.05) is 0 Å². The van der Waals surface area contributed by atoms with Gasteiger partial charge < -0.3 is 10.6 Å². The van der Waals surface area contributed by atoms with Crippen molar-refractivity contribution in [2.75, 3.05) is 30.7 Å². The normalized spacial score (nSPS) is 16.9. The van der Waals surface area contributed by atoms with Crippen LogP contribution in [0, 0.1) is 11.6 Å². The number of alkyl halides is 3. The zero-order chi connectivity index (χ0) is 30.4. The zero-order valence-electron chi connectivity index (χ0n) is 23.3. The molecule has 4 rings (SSSR count). The summed E-state index contributed by atoms with van der Waals surface area (Å²) in [5.74, 6) is -1.84. The summed E-state index contributed by atoms with van der Waals surface area (Å²) < 4.78 is 72.9. The van der Waals surface area contributed by atoms with Gasteiger partial charge in [-0.25, -0.2) is 13.1 Å². The predicted octanol–water partition coefficient (Wildman–Crippen LogP) is 6.80. The third kappa shape index (κ3) is 8.03. The number of aryl methyl sites for hydroxylation is 1. The van der Waals surface area contributed by atoms with Crippen molar-refractivity contribution in [2.24, 2.45) is 7.05 Å². The van der Waals surface area contributed by atoms with Crippen LogP contribution in [0.1, 0.15) is 54.6 Å². The molecular weight excluding hydrogens is 597 g/mol. The minimum absolute atomic E-state index is 0.0596. The number of hydrogen-bond acceptors (Lipinski definition) is 5. The predicted molar refractivity (Wildman–Crippen MR) is 156 cm³/mol.